The molecule has 0 aromatic carbocycles. The summed E-state index contributed by atoms with van der Waals surface area (Å²) in [6.45, 7) is 2.45. The van der Waals surface area contributed by atoms with Crippen molar-refractivity contribution in [1.82, 2.24) is 5.32 Å². The molecule has 0 bridgehead atoms. The SMILES string of the molecule is CCCCCCC(=O)CC(=O)N[C@H]1CCOC1=O. The van der Waals surface area contributed by atoms with Crippen molar-refractivity contribution in [2.45, 2.75) is 57.9 Å². The van der Waals surface area contributed by atoms with Crippen molar-refractivity contribution >= 4 is 17.7 Å². The summed E-state index contributed by atoms with van der Waals surface area (Å²) in [4.78, 5) is 34.1. The van der Waals surface area contributed by atoms with Crippen LogP contribution in [0.3, 0.4) is 0 Å². The fourth-order valence-corrected chi connectivity index (χ4v) is 1.89. The Morgan fingerprint density at radius 1 is 1.33 bits per heavy atom. The molecule has 1 fully saturated rings. The summed E-state index contributed by atoms with van der Waals surface area (Å²) in [5, 5.41) is 2.53. The Labute approximate surface area is 107 Å². The molecule has 1 amide bonds. The molecule has 1 aliphatic heterocycles. The normalized spacial score (nSPS) is 18.5. The van der Waals surface area contributed by atoms with E-state index in [4.69, 9.17) is 4.74 Å². The summed E-state index contributed by atoms with van der Waals surface area (Å²) in [6.07, 6.45) is 4.92. The maximum atomic E-state index is 11.5. The van der Waals surface area contributed by atoms with Gasteiger partial charge in [-0.2, -0.15) is 0 Å². The molecule has 1 N–H and O–H groups in total. The predicted octanol–water partition coefficient (Wildman–Crippen LogP) is 1.35. The number of nitrogens with one attached hydrogen (secondary N) is 1. The number of rotatable bonds is 8. The highest BCUT2D eigenvalue weighted by Gasteiger charge is 2.28. The van der Waals surface area contributed by atoms with Crippen molar-refractivity contribution in [2.24, 2.45) is 0 Å². The lowest BCUT2D eigenvalue weighted by molar-refractivity contribution is -0.142. The number of ketones is 1. The molecule has 1 rings (SSSR count). The fourth-order valence-electron chi connectivity index (χ4n) is 1.89. The van der Waals surface area contributed by atoms with Crippen LogP contribution in [-0.2, 0) is 19.1 Å². The maximum Gasteiger partial charge on any atom is 0.328 e. The molecule has 0 saturated carbocycles. The number of hydrogen-bond acceptors (Lipinski definition) is 4. The van der Waals surface area contributed by atoms with Gasteiger partial charge >= 0.3 is 5.97 Å². The zero-order valence-electron chi connectivity index (χ0n) is 10.9. The summed E-state index contributed by atoms with van der Waals surface area (Å²) >= 11 is 0. The van der Waals surface area contributed by atoms with Gasteiger partial charge in [-0.3, -0.25) is 9.59 Å². The van der Waals surface area contributed by atoms with Crippen LogP contribution in [0.1, 0.15) is 51.9 Å². The van der Waals surface area contributed by atoms with Gasteiger partial charge in [0.05, 0.1) is 13.0 Å². The van der Waals surface area contributed by atoms with Crippen LogP contribution in [0.4, 0.5) is 0 Å². The van der Waals surface area contributed by atoms with Gasteiger partial charge in [-0.25, -0.2) is 4.79 Å². The van der Waals surface area contributed by atoms with E-state index in [-0.39, 0.29) is 18.1 Å². The van der Waals surface area contributed by atoms with E-state index in [1.54, 1.807) is 0 Å². The Morgan fingerprint density at radius 2 is 2.11 bits per heavy atom. The zero-order chi connectivity index (χ0) is 13.4. The molecule has 0 spiro atoms. The first-order valence-corrected chi connectivity index (χ1v) is 6.61. The Balaban J connectivity index is 2.15. The van der Waals surface area contributed by atoms with Crippen molar-refractivity contribution in [3.8, 4) is 0 Å². The third-order valence-corrected chi connectivity index (χ3v) is 2.94. The van der Waals surface area contributed by atoms with Gasteiger partial charge in [-0.05, 0) is 6.42 Å². The average molecular weight is 255 g/mol. The summed E-state index contributed by atoms with van der Waals surface area (Å²) in [5.74, 6) is -0.840. The minimum Gasteiger partial charge on any atom is -0.464 e. The lowest BCUT2D eigenvalue weighted by Gasteiger charge is -2.08. The van der Waals surface area contributed by atoms with Gasteiger partial charge < -0.3 is 10.1 Å². The highest BCUT2D eigenvalue weighted by Crippen LogP contribution is 2.07. The Bertz CT molecular complexity index is 314. The summed E-state index contributed by atoms with van der Waals surface area (Å²) in [7, 11) is 0. The van der Waals surface area contributed by atoms with Gasteiger partial charge in [0, 0.05) is 12.8 Å². The maximum absolute atomic E-state index is 11.5. The first-order valence-electron chi connectivity index (χ1n) is 6.61. The molecule has 5 heteroatoms. The van der Waals surface area contributed by atoms with Gasteiger partial charge in [0.2, 0.25) is 5.91 Å². The second-order valence-corrected chi connectivity index (χ2v) is 4.60. The van der Waals surface area contributed by atoms with Crippen molar-refractivity contribution < 1.29 is 19.1 Å². The van der Waals surface area contributed by atoms with Crippen LogP contribution >= 0.6 is 0 Å². The standard InChI is InChI=1S/C13H21NO4/c1-2-3-4-5-6-10(15)9-12(16)14-11-7-8-18-13(11)17/h11H,2-9H2,1H3,(H,14,16)/t11-/m0/s1. The van der Waals surface area contributed by atoms with Crippen LogP contribution in [-0.4, -0.2) is 30.3 Å². The van der Waals surface area contributed by atoms with Gasteiger partial charge in [0.1, 0.15) is 11.8 Å². The number of amides is 1. The highest BCUT2D eigenvalue weighted by atomic mass is 16.5. The number of hydrogen-bond donors (Lipinski definition) is 1. The Hall–Kier alpha value is -1.39. The molecule has 0 aromatic heterocycles. The van der Waals surface area contributed by atoms with Crippen LogP contribution in [0.25, 0.3) is 0 Å². The van der Waals surface area contributed by atoms with E-state index in [1.165, 1.54) is 0 Å². The lowest BCUT2D eigenvalue weighted by Crippen LogP contribution is -2.38. The topological polar surface area (TPSA) is 72.5 Å². The minimum absolute atomic E-state index is 0.0602. The van der Waals surface area contributed by atoms with E-state index in [2.05, 4.69) is 12.2 Å². The third-order valence-electron chi connectivity index (χ3n) is 2.94. The Morgan fingerprint density at radius 3 is 2.72 bits per heavy atom. The van der Waals surface area contributed by atoms with Gasteiger partial charge in [0.15, 0.2) is 0 Å². The molecule has 1 saturated heterocycles. The largest absolute Gasteiger partial charge is 0.464 e. The minimum atomic E-state index is -0.564. The molecule has 0 aromatic rings. The lowest BCUT2D eigenvalue weighted by atomic mass is 10.1. The molecule has 18 heavy (non-hydrogen) atoms. The number of Topliss-reactive ketones (excluding diaryl/α,β-unsaturated/α-hetero) is 1. The van der Waals surface area contributed by atoms with Gasteiger partial charge in [-0.15, -0.1) is 0 Å². The van der Waals surface area contributed by atoms with E-state index >= 15 is 0 Å². The molecular formula is C13H21NO4. The second kappa shape index (κ2) is 7.84. The van der Waals surface area contributed by atoms with Crippen molar-refractivity contribution in [3.63, 3.8) is 0 Å². The van der Waals surface area contributed by atoms with E-state index < -0.39 is 12.0 Å². The quantitative estimate of drug-likeness (QED) is 0.403. The smallest absolute Gasteiger partial charge is 0.328 e. The van der Waals surface area contributed by atoms with Crippen molar-refractivity contribution in [1.29, 1.82) is 0 Å². The van der Waals surface area contributed by atoms with Gasteiger partial charge in [-0.1, -0.05) is 26.2 Å². The van der Waals surface area contributed by atoms with Gasteiger partial charge in [0.25, 0.3) is 0 Å². The Kier molecular flexibility index (Phi) is 6.39. The first-order chi connectivity index (χ1) is 8.63. The number of cyclic esters (lactones) is 1. The molecule has 0 unspecified atom stereocenters. The number of carbonyl (C=O) groups excluding carboxylic acids is 3. The number of esters is 1. The number of carbonyl (C=O) groups is 3. The summed E-state index contributed by atoms with van der Waals surface area (Å²) in [5.41, 5.74) is 0. The van der Waals surface area contributed by atoms with E-state index in [0.717, 1.165) is 25.7 Å². The highest BCUT2D eigenvalue weighted by molar-refractivity contribution is 5.99. The molecule has 0 radical (unpaired) electrons. The van der Waals surface area contributed by atoms with Crippen LogP contribution in [0, 0.1) is 0 Å². The number of unbranched alkanes of at least 4 members (excludes halogenated alkanes) is 3. The van der Waals surface area contributed by atoms with E-state index in [0.29, 0.717) is 19.4 Å². The monoisotopic (exact) mass is 255 g/mol. The van der Waals surface area contributed by atoms with Crippen LogP contribution < -0.4 is 5.32 Å². The summed E-state index contributed by atoms with van der Waals surface area (Å²) < 4.78 is 4.72. The molecule has 1 heterocycles. The fraction of sp³-hybridized carbons (Fsp3) is 0.769. The van der Waals surface area contributed by atoms with Crippen LogP contribution in [0.5, 0.6) is 0 Å². The van der Waals surface area contributed by atoms with Crippen LogP contribution in [0.15, 0.2) is 0 Å². The molecule has 102 valence electrons. The average Bonchev–Trinajstić information content (AvgIpc) is 2.70. The van der Waals surface area contributed by atoms with E-state index in [9.17, 15) is 14.4 Å². The zero-order valence-corrected chi connectivity index (χ0v) is 10.9. The molecule has 0 aliphatic carbocycles. The van der Waals surface area contributed by atoms with Crippen molar-refractivity contribution in [2.75, 3.05) is 6.61 Å². The molecule has 1 aliphatic rings. The summed E-state index contributed by atoms with van der Waals surface area (Å²) in [6, 6.07) is -0.564. The third kappa shape index (κ3) is 5.29. The predicted molar refractivity (Wildman–Crippen MR) is 65.9 cm³/mol. The van der Waals surface area contributed by atoms with Crippen LogP contribution in [0.2, 0.25) is 0 Å². The van der Waals surface area contributed by atoms with E-state index in [1.807, 2.05) is 0 Å². The second-order valence-electron chi connectivity index (χ2n) is 4.60. The number of ether oxygens (including phenoxy) is 1. The molecular weight excluding hydrogens is 234 g/mol. The molecule has 5 nitrogen and oxygen atoms in total. The van der Waals surface area contributed by atoms with Crippen molar-refractivity contribution in [3.05, 3.63) is 0 Å². The molecule has 1 atom stereocenters. The first kappa shape index (κ1) is 14.7.